The monoisotopic (exact) mass is 345 g/mol. The first-order chi connectivity index (χ1) is 7.59. The third-order valence-electron chi connectivity index (χ3n) is 2.24. The van der Waals surface area contributed by atoms with Gasteiger partial charge in [-0.3, -0.25) is 4.98 Å². The van der Waals surface area contributed by atoms with Crippen LogP contribution in [-0.2, 0) is 0 Å². The van der Waals surface area contributed by atoms with Crippen molar-refractivity contribution >= 4 is 34.2 Å². The molecule has 0 atom stereocenters. The summed E-state index contributed by atoms with van der Waals surface area (Å²) in [7, 11) is 0. The van der Waals surface area contributed by atoms with Crippen LogP contribution >= 0.6 is 34.2 Å². The quantitative estimate of drug-likeness (QED) is 0.587. The van der Waals surface area contributed by atoms with Gasteiger partial charge in [0.1, 0.15) is 5.15 Å². The van der Waals surface area contributed by atoms with Crippen molar-refractivity contribution in [2.45, 2.75) is 13.8 Å². The van der Waals surface area contributed by atoms with Crippen molar-refractivity contribution < 1.29 is 0 Å². The van der Waals surface area contributed by atoms with E-state index in [1.165, 1.54) is 0 Å². The average Bonchev–Trinajstić information content (AvgIpc) is 2.26. The Kier molecular flexibility index (Phi) is 3.39. The Morgan fingerprint density at radius 1 is 1.25 bits per heavy atom. The van der Waals surface area contributed by atoms with E-state index >= 15 is 0 Å². The van der Waals surface area contributed by atoms with Crippen LogP contribution in [0.4, 0.5) is 0 Å². The van der Waals surface area contributed by atoms with Gasteiger partial charge in [-0.1, -0.05) is 11.6 Å². The van der Waals surface area contributed by atoms with Crippen LogP contribution in [0.25, 0.3) is 11.4 Å². The maximum Gasteiger partial charge on any atom is 0.161 e. The number of hydrogen-bond acceptors (Lipinski definition) is 3. The molecule has 2 aromatic heterocycles. The molecule has 2 heterocycles. The maximum absolute atomic E-state index is 6.05. The zero-order valence-electron chi connectivity index (χ0n) is 8.83. The molecule has 3 nitrogen and oxygen atoms in total. The number of halogens is 2. The van der Waals surface area contributed by atoms with Gasteiger partial charge in [-0.2, -0.15) is 0 Å². The molecule has 0 fully saturated rings. The van der Waals surface area contributed by atoms with E-state index in [0.29, 0.717) is 11.0 Å². The maximum atomic E-state index is 6.05. The third kappa shape index (κ3) is 2.17. The Bertz CT molecular complexity index is 519. The molecule has 0 aliphatic rings. The molecule has 0 aromatic carbocycles. The third-order valence-corrected chi connectivity index (χ3v) is 4.12. The molecular weight excluding hydrogens is 336 g/mol. The number of aryl methyl sites for hydroxylation is 2. The molecule has 0 saturated carbocycles. The van der Waals surface area contributed by atoms with Gasteiger partial charge in [-0.25, -0.2) is 9.97 Å². The molecule has 0 bridgehead atoms. The Hall–Kier alpha value is -0.750. The van der Waals surface area contributed by atoms with Crippen LogP contribution in [-0.4, -0.2) is 15.0 Å². The second kappa shape index (κ2) is 4.63. The molecule has 0 spiro atoms. The number of nitrogens with zero attached hydrogens (tertiary/aromatic N) is 3. The van der Waals surface area contributed by atoms with Crippen molar-refractivity contribution in [2.24, 2.45) is 0 Å². The van der Waals surface area contributed by atoms with E-state index in [1.807, 2.05) is 19.9 Å². The molecule has 0 saturated heterocycles. The highest BCUT2D eigenvalue weighted by atomic mass is 127. The van der Waals surface area contributed by atoms with Gasteiger partial charge in [0.25, 0.3) is 0 Å². The number of pyridine rings is 1. The van der Waals surface area contributed by atoms with E-state index in [4.69, 9.17) is 11.6 Å². The Balaban J connectivity index is 2.62. The van der Waals surface area contributed by atoms with Crippen LogP contribution < -0.4 is 0 Å². The smallest absolute Gasteiger partial charge is 0.161 e. The molecule has 0 unspecified atom stereocenters. The second-order valence-corrected chi connectivity index (χ2v) is 4.86. The second-order valence-electron chi connectivity index (χ2n) is 3.43. The lowest BCUT2D eigenvalue weighted by molar-refractivity contribution is 1.08. The fraction of sp³-hybridized carbons (Fsp3) is 0.182. The summed E-state index contributed by atoms with van der Waals surface area (Å²) >= 11 is 8.19. The van der Waals surface area contributed by atoms with Crippen LogP contribution in [0.2, 0.25) is 5.15 Å². The fourth-order valence-electron chi connectivity index (χ4n) is 1.37. The highest BCUT2D eigenvalue weighted by Gasteiger charge is 2.10. The SMILES string of the molecule is Cc1cnccc1-c1nc(C)c(I)c(Cl)n1. The molecule has 0 radical (unpaired) electrons. The molecule has 0 N–H and O–H groups in total. The van der Waals surface area contributed by atoms with Gasteiger partial charge in [0, 0.05) is 18.0 Å². The molecule has 2 rings (SSSR count). The summed E-state index contributed by atoms with van der Waals surface area (Å²) in [6.07, 6.45) is 3.52. The molecule has 2 aromatic rings. The van der Waals surface area contributed by atoms with Crippen LogP contribution in [0, 0.1) is 17.4 Å². The normalized spacial score (nSPS) is 10.5. The van der Waals surface area contributed by atoms with E-state index in [1.54, 1.807) is 12.4 Å². The highest BCUT2D eigenvalue weighted by molar-refractivity contribution is 14.1. The molecule has 0 aliphatic carbocycles. The van der Waals surface area contributed by atoms with Gasteiger partial charge in [0.2, 0.25) is 0 Å². The molecule has 0 aliphatic heterocycles. The van der Waals surface area contributed by atoms with Gasteiger partial charge in [0.15, 0.2) is 5.82 Å². The molecule has 5 heteroatoms. The Labute approximate surface area is 112 Å². The average molecular weight is 346 g/mol. The lowest BCUT2D eigenvalue weighted by Crippen LogP contribution is -1.98. The van der Waals surface area contributed by atoms with Crippen molar-refractivity contribution in [3.8, 4) is 11.4 Å². The Morgan fingerprint density at radius 3 is 2.62 bits per heavy atom. The van der Waals surface area contributed by atoms with E-state index < -0.39 is 0 Å². The predicted molar refractivity (Wildman–Crippen MR) is 72.5 cm³/mol. The first-order valence-electron chi connectivity index (χ1n) is 4.70. The van der Waals surface area contributed by atoms with Crippen LogP contribution in [0.5, 0.6) is 0 Å². The Morgan fingerprint density at radius 2 is 2.00 bits per heavy atom. The first-order valence-corrected chi connectivity index (χ1v) is 6.16. The minimum atomic E-state index is 0.499. The number of rotatable bonds is 1. The number of hydrogen-bond donors (Lipinski definition) is 0. The minimum absolute atomic E-state index is 0.499. The topological polar surface area (TPSA) is 38.7 Å². The zero-order chi connectivity index (χ0) is 11.7. The molecule has 0 amide bonds. The molecule has 16 heavy (non-hydrogen) atoms. The van der Waals surface area contributed by atoms with Gasteiger partial charge in [0.05, 0.1) is 9.26 Å². The standard InChI is InChI=1S/C11H9ClIN3/c1-6-5-14-4-3-8(6)11-15-7(2)9(13)10(12)16-11/h3-5H,1-2H3. The lowest BCUT2D eigenvalue weighted by Gasteiger charge is -2.06. The number of aromatic nitrogens is 3. The zero-order valence-corrected chi connectivity index (χ0v) is 11.7. The summed E-state index contributed by atoms with van der Waals surface area (Å²) in [5.74, 6) is 0.655. The van der Waals surface area contributed by atoms with E-state index in [-0.39, 0.29) is 0 Å². The van der Waals surface area contributed by atoms with Crippen molar-refractivity contribution in [1.29, 1.82) is 0 Å². The van der Waals surface area contributed by atoms with E-state index in [2.05, 4.69) is 37.5 Å². The van der Waals surface area contributed by atoms with E-state index in [9.17, 15) is 0 Å². The van der Waals surface area contributed by atoms with Crippen LogP contribution in [0.1, 0.15) is 11.3 Å². The first kappa shape index (κ1) is 11.7. The summed E-state index contributed by atoms with van der Waals surface area (Å²) in [5.41, 5.74) is 2.90. The van der Waals surface area contributed by atoms with Crippen LogP contribution in [0.3, 0.4) is 0 Å². The fourth-order valence-corrected chi connectivity index (χ4v) is 1.83. The van der Waals surface area contributed by atoms with Crippen LogP contribution in [0.15, 0.2) is 18.5 Å². The summed E-state index contributed by atoms with van der Waals surface area (Å²) < 4.78 is 0.898. The summed E-state index contributed by atoms with van der Waals surface area (Å²) in [6.45, 7) is 3.91. The molecule has 82 valence electrons. The molecular formula is C11H9ClIN3. The lowest BCUT2D eigenvalue weighted by atomic mass is 10.1. The summed E-state index contributed by atoms with van der Waals surface area (Å²) in [6, 6.07) is 1.90. The van der Waals surface area contributed by atoms with Gasteiger partial charge in [-0.05, 0) is 48.1 Å². The minimum Gasteiger partial charge on any atom is -0.264 e. The van der Waals surface area contributed by atoms with Crippen molar-refractivity contribution in [1.82, 2.24) is 15.0 Å². The highest BCUT2D eigenvalue weighted by Crippen LogP contribution is 2.24. The predicted octanol–water partition coefficient (Wildman–Crippen LogP) is 3.41. The van der Waals surface area contributed by atoms with Crippen molar-refractivity contribution in [3.63, 3.8) is 0 Å². The van der Waals surface area contributed by atoms with Gasteiger partial charge < -0.3 is 0 Å². The summed E-state index contributed by atoms with van der Waals surface area (Å²) in [4.78, 5) is 12.8. The van der Waals surface area contributed by atoms with E-state index in [0.717, 1.165) is 20.4 Å². The van der Waals surface area contributed by atoms with Crippen molar-refractivity contribution in [3.05, 3.63) is 38.4 Å². The van der Waals surface area contributed by atoms with Gasteiger partial charge >= 0.3 is 0 Å². The van der Waals surface area contributed by atoms with Crippen molar-refractivity contribution in [2.75, 3.05) is 0 Å². The van der Waals surface area contributed by atoms with Gasteiger partial charge in [-0.15, -0.1) is 0 Å². The summed E-state index contributed by atoms with van der Waals surface area (Å²) in [5, 5.41) is 0.499. The largest absolute Gasteiger partial charge is 0.264 e.